The topological polar surface area (TPSA) is 59.4 Å². The van der Waals surface area contributed by atoms with Gasteiger partial charge in [0.1, 0.15) is 5.01 Å². The van der Waals surface area contributed by atoms with E-state index in [1.165, 1.54) is 11.3 Å². The van der Waals surface area contributed by atoms with Crippen molar-refractivity contribution in [1.82, 2.24) is 4.98 Å². The maximum atomic E-state index is 10.5. The van der Waals surface area contributed by atoms with Crippen molar-refractivity contribution >= 4 is 23.4 Å². The number of thiazole rings is 1. The summed E-state index contributed by atoms with van der Waals surface area (Å²) in [5, 5.41) is 9.51. The summed E-state index contributed by atoms with van der Waals surface area (Å²) in [5.74, 6) is -0.404. The molecule has 0 aliphatic heterocycles. The number of carbonyl (C=O) groups is 1. The Morgan fingerprint density at radius 3 is 3.00 bits per heavy atom. The second kappa shape index (κ2) is 4.76. The summed E-state index contributed by atoms with van der Waals surface area (Å²) in [4.78, 5) is 15.9. The van der Waals surface area contributed by atoms with Crippen molar-refractivity contribution in [2.45, 2.75) is 25.4 Å². The number of carboxylic acids is 1. The molecule has 16 heavy (non-hydrogen) atoms. The van der Waals surface area contributed by atoms with E-state index in [1.54, 1.807) is 13.2 Å². The summed E-state index contributed by atoms with van der Waals surface area (Å²) in [6.07, 6.45) is 5.11. The SMILES string of the molecule is COCc1nc(C2CC2)c(/C=C/C(=O)O)s1. The summed E-state index contributed by atoms with van der Waals surface area (Å²) < 4.78 is 5.03. The lowest BCUT2D eigenvalue weighted by molar-refractivity contribution is -0.131. The van der Waals surface area contributed by atoms with Crippen molar-refractivity contribution in [2.75, 3.05) is 7.11 Å². The van der Waals surface area contributed by atoms with Crippen molar-refractivity contribution in [3.8, 4) is 0 Å². The van der Waals surface area contributed by atoms with Gasteiger partial charge >= 0.3 is 5.97 Å². The van der Waals surface area contributed by atoms with Crippen LogP contribution >= 0.6 is 11.3 Å². The number of aliphatic carboxylic acids is 1. The van der Waals surface area contributed by atoms with E-state index in [9.17, 15) is 4.79 Å². The molecule has 0 atom stereocenters. The Balaban J connectivity index is 2.22. The number of carboxylic acid groups (broad SMARTS) is 1. The van der Waals surface area contributed by atoms with Crippen molar-refractivity contribution in [3.05, 3.63) is 21.7 Å². The van der Waals surface area contributed by atoms with Gasteiger partial charge < -0.3 is 9.84 Å². The number of hydrogen-bond acceptors (Lipinski definition) is 4. The molecule has 1 N–H and O–H groups in total. The van der Waals surface area contributed by atoms with Crippen LogP contribution in [0, 0.1) is 0 Å². The van der Waals surface area contributed by atoms with E-state index in [-0.39, 0.29) is 0 Å². The summed E-state index contributed by atoms with van der Waals surface area (Å²) >= 11 is 1.51. The van der Waals surface area contributed by atoms with Gasteiger partial charge in [0.15, 0.2) is 0 Å². The van der Waals surface area contributed by atoms with Crippen molar-refractivity contribution in [1.29, 1.82) is 0 Å². The minimum absolute atomic E-state index is 0.491. The van der Waals surface area contributed by atoms with Crippen LogP contribution in [0.5, 0.6) is 0 Å². The van der Waals surface area contributed by atoms with Crippen LogP contribution in [0.2, 0.25) is 0 Å². The molecule has 1 saturated carbocycles. The Kier molecular flexibility index (Phi) is 3.36. The molecule has 1 aromatic heterocycles. The van der Waals surface area contributed by atoms with Crippen LogP contribution < -0.4 is 0 Å². The number of ether oxygens (including phenoxy) is 1. The van der Waals surface area contributed by atoms with Crippen LogP contribution in [0.25, 0.3) is 6.08 Å². The highest BCUT2D eigenvalue weighted by atomic mass is 32.1. The van der Waals surface area contributed by atoms with Crippen LogP contribution in [0.1, 0.15) is 34.3 Å². The fraction of sp³-hybridized carbons (Fsp3) is 0.455. The molecule has 0 saturated heterocycles. The Bertz CT molecular complexity index is 421. The predicted octanol–water partition coefficient (Wildman–Crippen LogP) is 2.26. The molecule has 1 fully saturated rings. The summed E-state index contributed by atoms with van der Waals surface area (Å²) in [6.45, 7) is 0.491. The molecule has 1 heterocycles. The van der Waals surface area contributed by atoms with Gasteiger partial charge in [0, 0.05) is 19.1 Å². The van der Waals surface area contributed by atoms with Gasteiger partial charge in [0.05, 0.1) is 17.2 Å². The molecule has 0 aromatic carbocycles. The van der Waals surface area contributed by atoms with Gasteiger partial charge in [-0.2, -0.15) is 0 Å². The maximum Gasteiger partial charge on any atom is 0.328 e. The van der Waals surface area contributed by atoms with Gasteiger partial charge in [-0.1, -0.05) is 0 Å². The van der Waals surface area contributed by atoms with Gasteiger partial charge in [-0.15, -0.1) is 11.3 Å². The zero-order chi connectivity index (χ0) is 11.5. The molecule has 2 rings (SSSR count). The van der Waals surface area contributed by atoms with Crippen LogP contribution in [-0.4, -0.2) is 23.2 Å². The normalized spacial score (nSPS) is 15.8. The average Bonchev–Trinajstić information content (AvgIpc) is 2.99. The quantitative estimate of drug-likeness (QED) is 0.801. The number of methoxy groups -OCH3 is 1. The largest absolute Gasteiger partial charge is 0.478 e. The Hall–Kier alpha value is -1.20. The Morgan fingerprint density at radius 1 is 1.69 bits per heavy atom. The van der Waals surface area contributed by atoms with E-state index in [2.05, 4.69) is 4.98 Å². The zero-order valence-electron chi connectivity index (χ0n) is 8.97. The minimum Gasteiger partial charge on any atom is -0.478 e. The first-order valence-electron chi connectivity index (χ1n) is 5.10. The van der Waals surface area contributed by atoms with E-state index in [1.807, 2.05) is 0 Å². The third-order valence-corrected chi connectivity index (χ3v) is 3.34. The predicted molar refractivity (Wildman–Crippen MR) is 61.5 cm³/mol. The van der Waals surface area contributed by atoms with Crippen molar-refractivity contribution < 1.29 is 14.6 Å². The number of nitrogens with zero attached hydrogens (tertiary/aromatic N) is 1. The van der Waals surface area contributed by atoms with E-state index in [4.69, 9.17) is 9.84 Å². The van der Waals surface area contributed by atoms with Gasteiger partial charge in [0.2, 0.25) is 0 Å². The number of hydrogen-bond donors (Lipinski definition) is 1. The van der Waals surface area contributed by atoms with E-state index < -0.39 is 5.97 Å². The lowest BCUT2D eigenvalue weighted by Crippen LogP contribution is -1.88. The molecule has 0 amide bonds. The number of rotatable bonds is 5. The van der Waals surface area contributed by atoms with Crippen LogP contribution in [0.15, 0.2) is 6.08 Å². The second-order valence-electron chi connectivity index (χ2n) is 3.74. The highest BCUT2D eigenvalue weighted by Gasteiger charge is 2.28. The molecule has 4 nitrogen and oxygen atoms in total. The van der Waals surface area contributed by atoms with Crippen LogP contribution in [0.4, 0.5) is 0 Å². The molecule has 0 unspecified atom stereocenters. The third kappa shape index (κ3) is 2.68. The van der Waals surface area contributed by atoms with Gasteiger partial charge in [0.25, 0.3) is 0 Å². The first kappa shape index (κ1) is 11.3. The Morgan fingerprint density at radius 2 is 2.44 bits per heavy atom. The molecule has 1 aliphatic carbocycles. The van der Waals surface area contributed by atoms with Gasteiger partial charge in [-0.3, -0.25) is 0 Å². The monoisotopic (exact) mass is 239 g/mol. The van der Waals surface area contributed by atoms with Crippen LogP contribution in [-0.2, 0) is 16.1 Å². The average molecular weight is 239 g/mol. The summed E-state index contributed by atoms with van der Waals surface area (Å²) in [5.41, 5.74) is 1.04. The van der Waals surface area contributed by atoms with E-state index in [0.717, 1.165) is 34.5 Å². The zero-order valence-corrected chi connectivity index (χ0v) is 9.79. The lowest BCUT2D eigenvalue weighted by atomic mass is 10.2. The van der Waals surface area contributed by atoms with Crippen LogP contribution in [0.3, 0.4) is 0 Å². The standard InChI is InChI=1S/C11H13NO3S/c1-15-6-9-12-11(7-2-3-7)8(16-9)4-5-10(13)14/h4-5,7H,2-3,6H2,1H3,(H,13,14)/b5-4+. The molecule has 0 radical (unpaired) electrons. The number of aromatic nitrogens is 1. The van der Waals surface area contributed by atoms with Crippen molar-refractivity contribution in [2.24, 2.45) is 0 Å². The fourth-order valence-corrected chi connectivity index (χ4v) is 2.52. The molecule has 86 valence electrons. The first-order chi connectivity index (χ1) is 7.70. The third-order valence-electron chi connectivity index (χ3n) is 2.33. The molecule has 1 aliphatic rings. The van der Waals surface area contributed by atoms with E-state index in [0.29, 0.717) is 12.5 Å². The van der Waals surface area contributed by atoms with Crippen molar-refractivity contribution in [3.63, 3.8) is 0 Å². The maximum absolute atomic E-state index is 10.5. The second-order valence-corrected chi connectivity index (χ2v) is 4.85. The molecule has 0 bridgehead atoms. The fourth-order valence-electron chi connectivity index (χ4n) is 1.49. The smallest absolute Gasteiger partial charge is 0.328 e. The Labute approximate surface area is 97.6 Å². The van der Waals surface area contributed by atoms with Gasteiger partial charge in [-0.05, 0) is 18.9 Å². The summed E-state index contributed by atoms with van der Waals surface area (Å²) in [6, 6.07) is 0. The first-order valence-corrected chi connectivity index (χ1v) is 5.92. The molecule has 5 heteroatoms. The van der Waals surface area contributed by atoms with E-state index >= 15 is 0 Å². The molecule has 0 spiro atoms. The summed E-state index contributed by atoms with van der Waals surface area (Å²) in [7, 11) is 1.63. The van der Waals surface area contributed by atoms with Gasteiger partial charge in [-0.25, -0.2) is 9.78 Å². The highest BCUT2D eigenvalue weighted by Crippen LogP contribution is 2.43. The molecular weight excluding hydrogens is 226 g/mol. The highest BCUT2D eigenvalue weighted by molar-refractivity contribution is 7.12. The molecular formula is C11H13NO3S. The lowest BCUT2D eigenvalue weighted by Gasteiger charge is -1.92. The molecule has 1 aromatic rings. The minimum atomic E-state index is -0.927.